The molecule has 0 bridgehead atoms. The van der Waals surface area contributed by atoms with Crippen molar-refractivity contribution in [1.29, 1.82) is 0 Å². The summed E-state index contributed by atoms with van der Waals surface area (Å²) in [4.78, 5) is 24.5. The van der Waals surface area contributed by atoms with E-state index in [1.165, 1.54) is 0 Å². The minimum absolute atomic E-state index is 0.151. The summed E-state index contributed by atoms with van der Waals surface area (Å²) in [5.74, 6) is -0.181. The number of carbonyl (C=O) groups excluding carboxylic acids is 1. The molecule has 0 saturated carbocycles. The van der Waals surface area contributed by atoms with Crippen LogP contribution in [-0.4, -0.2) is 62.4 Å². The van der Waals surface area contributed by atoms with Crippen molar-refractivity contribution in [1.82, 2.24) is 4.90 Å². The lowest BCUT2D eigenvalue weighted by atomic mass is 10.0. The van der Waals surface area contributed by atoms with Crippen LogP contribution in [0.1, 0.15) is 12.8 Å². The third kappa shape index (κ3) is 7.46. The Balaban J connectivity index is 2.10. The lowest BCUT2D eigenvalue weighted by Crippen LogP contribution is -2.35. The zero-order valence-electron chi connectivity index (χ0n) is 17.0. The predicted octanol–water partition coefficient (Wildman–Crippen LogP) is 3.08. The number of aliphatic carboxylic acids is 1. The molecule has 0 aliphatic carbocycles. The molecule has 0 spiro atoms. The molecule has 2 aromatic carbocycles. The van der Waals surface area contributed by atoms with E-state index in [0.29, 0.717) is 12.3 Å². The molecule has 2 rings (SSSR count). The quantitative estimate of drug-likeness (QED) is 0.579. The summed E-state index contributed by atoms with van der Waals surface area (Å²) in [7, 11) is 5.34. The first-order valence-electron chi connectivity index (χ1n) is 9.31. The molecule has 0 amide bonds. The second kappa shape index (κ2) is 11.1. The maximum Gasteiger partial charge on any atom is 0.306 e. The molecule has 0 saturated heterocycles. The van der Waals surface area contributed by atoms with Crippen molar-refractivity contribution in [3.8, 4) is 22.6 Å². The van der Waals surface area contributed by atoms with E-state index in [1.807, 2.05) is 67.5 Å². The third-order valence-corrected chi connectivity index (χ3v) is 4.10. The zero-order chi connectivity index (χ0) is 21.2. The van der Waals surface area contributed by atoms with Gasteiger partial charge in [0.2, 0.25) is 0 Å². The number of para-hydroxylation sites is 1. The molecule has 1 N–H and O–H groups in total. The average molecular weight is 401 g/mol. The van der Waals surface area contributed by atoms with Crippen LogP contribution in [0.4, 0.5) is 0 Å². The molecule has 0 radical (unpaired) electrons. The van der Waals surface area contributed by atoms with E-state index in [-0.39, 0.29) is 19.4 Å². The van der Waals surface area contributed by atoms with E-state index in [9.17, 15) is 9.59 Å². The second-order valence-corrected chi connectivity index (χ2v) is 6.81. The van der Waals surface area contributed by atoms with Crippen LogP contribution < -0.4 is 9.47 Å². The van der Waals surface area contributed by atoms with Crippen LogP contribution in [0.3, 0.4) is 0 Å². The van der Waals surface area contributed by atoms with Crippen LogP contribution in [0, 0.1) is 0 Å². The van der Waals surface area contributed by atoms with Gasteiger partial charge in [-0.2, -0.15) is 0 Å². The van der Waals surface area contributed by atoms with Gasteiger partial charge in [-0.1, -0.05) is 30.3 Å². The number of hydrogen-bond donors (Lipinski definition) is 1. The van der Waals surface area contributed by atoms with E-state index in [1.54, 1.807) is 7.11 Å². The molecular weight excluding hydrogens is 374 g/mol. The molecule has 29 heavy (non-hydrogen) atoms. The van der Waals surface area contributed by atoms with Crippen LogP contribution in [0.2, 0.25) is 0 Å². The Bertz CT molecular complexity index is 820. The summed E-state index contributed by atoms with van der Waals surface area (Å²) in [6.07, 6.45) is -0.947. The van der Waals surface area contributed by atoms with E-state index < -0.39 is 18.0 Å². The van der Waals surface area contributed by atoms with Crippen molar-refractivity contribution < 1.29 is 28.9 Å². The van der Waals surface area contributed by atoms with Crippen molar-refractivity contribution in [2.75, 3.05) is 34.4 Å². The fourth-order valence-electron chi connectivity index (χ4n) is 2.79. The molecule has 7 heteroatoms. The Morgan fingerprint density at radius 3 is 2.52 bits per heavy atom. The fourth-order valence-corrected chi connectivity index (χ4v) is 2.79. The van der Waals surface area contributed by atoms with Crippen LogP contribution in [-0.2, 0) is 14.3 Å². The topological polar surface area (TPSA) is 85.3 Å². The smallest absolute Gasteiger partial charge is 0.306 e. The highest BCUT2D eigenvalue weighted by molar-refractivity contribution is 5.76. The van der Waals surface area contributed by atoms with Crippen LogP contribution in [0.5, 0.6) is 11.5 Å². The predicted molar refractivity (Wildman–Crippen MR) is 109 cm³/mol. The lowest BCUT2D eigenvalue weighted by molar-refractivity contribution is -0.153. The van der Waals surface area contributed by atoms with E-state index in [4.69, 9.17) is 19.3 Å². The molecule has 1 atom stereocenters. The molecule has 2 aromatic rings. The van der Waals surface area contributed by atoms with Gasteiger partial charge in [0, 0.05) is 12.1 Å². The molecule has 0 aliphatic rings. The third-order valence-electron chi connectivity index (χ3n) is 4.10. The summed E-state index contributed by atoms with van der Waals surface area (Å²) < 4.78 is 16.7. The summed E-state index contributed by atoms with van der Waals surface area (Å²) >= 11 is 0. The van der Waals surface area contributed by atoms with Gasteiger partial charge >= 0.3 is 11.9 Å². The first kappa shape index (κ1) is 22.2. The molecule has 0 aliphatic heterocycles. The number of likely N-dealkylation sites (N-methyl/N-ethyl adjacent to an activating group) is 1. The summed E-state index contributed by atoms with van der Waals surface area (Å²) in [5, 5.41) is 8.72. The highest BCUT2D eigenvalue weighted by atomic mass is 16.6. The number of hydrogen-bond acceptors (Lipinski definition) is 6. The van der Waals surface area contributed by atoms with Gasteiger partial charge in [-0.25, -0.2) is 0 Å². The van der Waals surface area contributed by atoms with E-state index in [0.717, 1.165) is 16.9 Å². The molecule has 0 heterocycles. The number of ether oxygens (including phenoxy) is 3. The highest BCUT2D eigenvalue weighted by Gasteiger charge is 2.18. The van der Waals surface area contributed by atoms with Crippen molar-refractivity contribution in [2.45, 2.75) is 18.9 Å². The minimum atomic E-state index is -1.03. The van der Waals surface area contributed by atoms with Crippen molar-refractivity contribution in [3.63, 3.8) is 0 Å². The SMILES string of the molecule is COc1cccc(-c2ccccc2OCC(CN(C)C)OC(=O)CCC(=O)O)c1. The maximum absolute atomic E-state index is 11.9. The zero-order valence-corrected chi connectivity index (χ0v) is 17.0. The summed E-state index contributed by atoms with van der Waals surface area (Å²) in [6.45, 7) is 0.609. The molecule has 156 valence electrons. The van der Waals surface area contributed by atoms with E-state index >= 15 is 0 Å². The average Bonchev–Trinajstić information content (AvgIpc) is 2.70. The Kier molecular flexibility index (Phi) is 8.48. The summed E-state index contributed by atoms with van der Waals surface area (Å²) in [6, 6.07) is 15.3. The van der Waals surface area contributed by atoms with Gasteiger partial charge in [0.25, 0.3) is 0 Å². The molecular formula is C22H27NO6. The van der Waals surface area contributed by atoms with Crippen LogP contribution in [0.15, 0.2) is 48.5 Å². The van der Waals surface area contributed by atoms with Gasteiger partial charge in [-0.15, -0.1) is 0 Å². The van der Waals surface area contributed by atoms with Gasteiger partial charge in [0.1, 0.15) is 24.2 Å². The molecule has 1 unspecified atom stereocenters. The van der Waals surface area contributed by atoms with E-state index in [2.05, 4.69) is 0 Å². The molecule has 0 aromatic heterocycles. The van der Waals surface area contributed by atoms with Crippen LogP contribution >= 0.6 is 0 Å². The monoisotopic (exact) mass is 401 g/mol. The number of carboxylic acid groups (broad SMARTS) is 1. The van der Waals surface area contributed by atoms with Gasteiger partial charge in [-0.05, 0) is 37.9 Å². The number of methoxy groups -OCH3 is 1. The van der Waals surface area contributed by atoms with Gasteiger partial charge in [-0.3, -0.25) is 9.59 Å². The van der Waals surface area contributed by atoms with Crippen molar-refractivity contribution in [2.24, 2.45) is 0 Å². The van der Waals surface area contributed by atoms with Crippen molar-refractivity contribution in [3.05, 3.63) is 48.5 Å². The standard InChI is InChI=1S/C22H27NO6/c1-23(2)14-18(29-22(26)12-11-21(24)25)15-28-20-10-5-4-9-19(20)16-7-6-8-17(13-16)27-3/h4-10,13,18H,11-12,14-15H2,1-3H3,(H,24,25). The highest BCUT2D eigenvalue weighted by Crippen LogP contribution is 2.32. The van der Waals surface area contributed by atoms with Crippen LogP contribution in [0.25, 0.3) is 11.1 Å². The van der Waals surface area contributed by atoms with Gasteiger partial charge in [0.15, 0.2) is 0 Å². The number of rotatable bonds is 11. The minimum Gasteiger partial charge on any atom is -0.497 e. The summed E-state index contributed by atoms with van der Waals surface area (Å²) in [5.41, 5.74) is 1.84. The second-order valence-electron chi connectivity index (χ2n) is 6.81. The first-order chi connectivity index (χ1) is 13.9. The number of benzene rings is 2. The first-order valence-corrected chi connectivity index (χ1v) is 9.31. The van der Waals surface area contributed by atoms with Crippen molar-refractivity contribution >= 4 is 11.9 Å². The Hall–Kier alpha value is -3.06. The lowest BCUT2D eigenvalue weighted by Gasteiger charge is -2.22. The normalized spacial score (nSPS) is 11.7. The molecule has 7 nitrogen and oxygen atoms in total. The van der Waals surface area contributed by atoms with Gasteiger partial charge in [0.05, 0.1) is 20.0 Å². The number of carbonyl (C=O) groups is 2. The Morgan fingerprint density at radius 2 is 1.83 bits per heavy atom. The fraction of sp³-hybridized carbons (Fsp3) is 0.364. The number of esters is 1. The number of carboxylic acids is 1. The largest absolute Gasteiger partial charge is 0.497 e. The van der Waals surface area contributed by atoms with Gasteiger partial charge < -0.3 is 24.2 Å². The Morgan fingerprint density at radius 1 is 1.07 bits per heavy atom. The number of nitrogens with zero attached hydrogens (tertiary/aromatic N) is 1. The Labute approximate surface area is 170 Å². The maximum atomic E-state index is 11.9. The molecule has 0 fully saturated rings.